The second-order valence-corrected chi connectivity index (χ2v) is 3.47. The van der Waals surface area contributed by atoms with Crippen molar-refractivity contribution in [3.05, 3.63) is 0 Å². The Kier molecular flexibility index (Phi) is 8.33. The maximum atomic E-state index is 5.67. The van der Waals surface area contributed by atoms with Crippen molar-refractivity contribution in [1.29, 1.82) is 0 Å². The van der Waals surface area contributed by atoms with Crippen molar-refractivity contribution in [2.24, 2.45) is 10.7 Å². The number of unbranched alkanes of at least 4 members (excludes halogenated alkanes) is 2. The highest BCUT2D eigenvalue weighted by Crippen LogP contribution is 1.93. The number of hydrogen-bond donors (Lipinski definition) is 2. The molecule has 1 atom stereocenters. The molecule has 0 fully saturated rings. The van der Waals surface area contributed by atoms with Crippen molar-refractivity contribution < 1.29 is 4.74 Å². The van der Waals surface area contributed by atoms with Gasteiger partial charge in [0.1, 0.15) is 0 Å². The number of methoxy groups -OCH3 is 1. The minimum absolute atomic E-state index is 0.218. The molecule has 0 radical (unpaired) electrons. The van der Waals surface area contributed by atoms with E-state index in [-0.39, 0.29) is 6.04 Å². The van der Waals surface area contributed by atoms with Crippen LogP contribution in [0, 0.1) is 0 Å². The second-order valence-electron chi connectivity index (χ2n) is 3.47. The van der Waals surface area contributed by atoms with E-state index in [0.717, 1.165) is 13.0 Å². The van der Waals surface area contributed by atoms with E-state index in [0.29, 0.717) is 12.6 Å². The van der Waals surface area contributed by atoms with E-state index in [1.165, 1.54) is 12.8 Å². The highest BCUT2D eigenvalue weighted by Gasteiger charge is 2.00. The van der Waals surface area contributed by atoms with Crippen molar-refractivity contribution in [3.8, 4) is 0 Å². The van der Waals surface area contributed by atoms with Crippen LogP contribution in [-0.2, 0) is 4.74 Å². The zero-order valence-corrected chi connectivity index (χ0v) is 9.55. The van der Waals surface area contributed by atoms with E-state index in [9.17, 15) is 0 Å². The Morgan fingerprint density at radius 3 is 2.79 bits per heavy atom. The van der Waals surface area contributed by atoms with Crippen LogP contribution in [0.5, 0.6) is 0 Å². The van der Waals surface area contributed by atoms with Crippen LogP contribution in [0.3, 0.4) is 0 Å². The third kappa shape index (κ3) is 7.86. The van der Waals surface area contributed by atoms with Crippen LogP contribution in [0.1, 0.15) is 33.1 Å². The fraction of sp³-hybridized carbons (Fsp3) is 0.900. The minimum Gasteiger partial charge on any atom is -0.383 e. The first-order chi connectivity index (χ1) is 6.70. The summed E-state index contributed by atoms with van der Waals surface area (Å²) in [6, 6.07) is 0.218. The summed E-state index contributed by atoms with van der Waals surface area (Å²) >= 11 is 0. The van der Waals surface area contributed by atoms with Crippen LogP contribution in [-0.4, -0.2) is 32.3 Å². The normalized spacial score (nSPS) is 14.1. The van der Waals surface area contributed by atoms with Gasteiger partial charge < -0.3 is 15.8 Å². The molecule has 84 valence electrons. The van der Waals surface area contributed by atoms with Gasteiger partial charge in [0.25, 0.3) is 0 Å². The van der Waals surface area contributed by atoms with Crippen LogP contribution in [0.15, 0.2) is 4.99 Å². The van der Waals surface area contributed by atoms with Gasteiger partial charge in [-0.15, -0.1) is 0 Å². The van der Waals surface area contributed by atoms with Gasteiger partial charge in [-0.2, -0.15) is 0 Å². The quantitative estimate of drug-likeness (QED) is 0.368. The minimum atomic E-state index is 0.218. The zero-order chi connectivity index (χ0) is 10.8. The number of nitrogens with two attached hydrogens (primary N) is 1. The highest BCUT2D eigenvalue weighted by molar-refractivity contribution is 5.78. The standard InChI is InChI=1S/C10H23N3O/c1-4-5-6-7-12-10(11)13-9(2)8-14-3/h9H,4-8H2,1-3H3,(H3,11,12,13). The third-order valence-electron chi connectivity index (χ3n) is 1.85. The van der Waals surface area contributed by atoms with E-state index >= 15 is 0 Å². The Morgan fingerprint density at radius 1 is 1.50 bits per heavy atom. The molecule has 14 heavy (non-hydrogen) atoms. The van der Waals surface area contributed by atoms with E-state index in [4.69, 9.17) is 10.5 Å². The van der Waals surface area contributed by atoms with E-state index in [1.54, 1.807) is 7.11 Å². The van der Waals surface area contributed by atoms with Gasteiger partial charge in [-0.3, -0.25) is 4.99 Å². The molecule has 0 aromatic rings. The molecule has 4 heteroatoms. The molecule has 0 aliphatic rings. The van der Waals surface area contributed by atoms with Gasteiger partial charge in [-0.05, 0) is 13.3 Å². The average molecular weight is 201 g/mol. The summed E-state index contributed by atoms with van der Waals surface area (Å²) in [4.78, 5) is 4.21. The summed E-state index contributed by atoms with van der Waals surface area (Å²) in [6.45, 7) is 5.64. The van der Waals surface area contributed by atoms with Crippen molar-refractivity contribution >= 4 is 5.96 Å². The molecule has 3 N–H and O–H groups in total. The SMILES string of the molecule is CCCCCN=C(N)NC(C)COC. The molecule has 0 saturated carbocycles. The summed E-state index contributed by atoms with van der Waals surface area (Å²) in [7, 11) is 1.67. The third-order valence-corrected chi connectivity index (χ3v) is 1.85. The molecule has 0 aromatic heterocycles. The van der Waals surface area contributed by atoms with E-state index in [1.807, 2.05) is 6.92 Å². The van der Waals surface area contributed by atoms with Gasteiger partial charge in [0.2, 0.25) is 0 Å². The Balaban J connectivity index is 3.55. The predicted molar refractivity (Wildman–Crippen MR) is 60.5 cm³/mol. The lowest BCUT2D eigenvalue weighted by atomic mass is 10.2. The second kappa shape index (κ2) is 8.81. The van der Waals surface area contributed by atoms with Crippen LogP contribution in [0.4, 0.5) is 0 Å². The van der Waals surface area contributed by atoms with Gasteiger partial charge in [0.15, 0.2) is 5.96 Å². The van der Waals surface area contributed by atoms with Gasteiger partial charge >= 0.3 is 0 Å². The Bertz CT molecular complexity index is 159. The molecule has 0 rings (SSSR count). The lowest BCUT2D eigenvalue weighted by molar-refractivity contribution is 0.179. The number of ether oxygens (including phenoxy) is 1. The van der Waals surface area contributed by atoms with Crippen LogP contribution >= 0.6 is 0 Å². The predicted octanol–water partition coefficient (Wildman–Crippen LogP) is 1.12. The summed E-state index contributed by atoms with van der Waals surface area (Å²) < 4.78 is 4.97. The monoisotopic (exact) mass is 201 g/mol. The lowest BCUT2D eigenvalue weighted by Crippen LogP contribution is -2.40. The number of rotatable bonds is 7. The molecule has 0 saturated heterocycles. The van der Waals surface area contributed by atoms with Crippen LogP contribution < -0.4 is 11.1 Å². The van der Waals surface area contributed by atoms with Crippen molar-refractivity contribution in [2.75, 3.05) is 20.3 Å². The molecular weight excluding hydrogens is 178 g/mol. The first kappa shape index (κ1) is 13.2. The highest BCUT2D eigenvalue weighted by atomic mass is 16.5. The molecule has 0 amide bonds. The average Bonchev–Trinajstić information content (AvgIpc) is 2.13. The molecule has 0 aliphatic carbocycles. The maximum absolute atomic E-state index is 5.67. The Hall–Kier alpha value is -0.770. The number of hydrogen-bond acceptors (Lipinski definition) is 2. The summed E-state index contributed by atoms with van der Waals surface area (Å²) in [6.07, 6.45) is 3.53. The first-order valence-electron chi connectivity index (χ1n) is 5.26. The largest absolute Gasteiger partial charge is 0.383 e. The molecule has 4 nitrogen and oxygen atoms in total. The number of nitrogens with zero attached hydrogens (tertiary/aromatic N) is 1. The molecule has 0 heterocycles. The molecule has 0 spiro atoms. The molecule has 0 bridgehead atoms. The number of aliphatic imine (C=N–C) groups is 1. The van der Waals surface area contributed by atoms with Crippen LogP contribution in [0.25, 0.3) is 0 Å². The maximum Gasteiger partial charge on any atom is 0.188 e. The van der Waals surface area contributed by atoms with E-state index < -0.39 is 0 Å². The van der Waals surface area contributed by atoms with Crippen molar-refractivity contribution in [3.63, 3.8) is 0 Å². The lowest BCUT2D eigenvalue weighted by Gasteiger charge is -2.12. The van der Waals surface area contributed by atoms with Gasteiger partial charge in [0, 0.05) is 19.7 Å². The zero-order valence-electron chi connectivity index (χ0n) is 9.55. The van der Waals surface area contributed by atoms with Gasteiger partial charge in [-0.25, -0.2) is 0 Å². The van der Waals surface area contributed by atoms with Gasteiger partial charge in [-0.1, -0.05) is 19.8 Å². The topological polar surface area (TPSA) is 59.6 Å². The molecule has 0 aromatic carbocycles. The summed E-state index contributed by atoms with van der Waals surface area (Å²) in [5.74, 6) is 0.519. The Labute approximate surface area is 86.9 Å². The fourth-order valence-corrected chi connectivity index (χ4v) is 1.15. The molecule has 0 aliphatic heterocycles. The van der Waals surface area contributed by atoms with Crippen molar-refractivity contribution in [2.45, 2.75) is 39.2 Å². The molecule has 1 unspecified atom stereocenters. The van der Waals surface area contributed by atoms with E-state index in [2.05, 4.69) is 17.2 Å². The smallest absolute Gasteiger partial charge is 0.188 e. The fourth-order valence-electron chi connectivity index (χ4n) is 1.15. The number of nitrogens with one attached hydrogen (secondary N) is 1. The Morgan fingerprint density at radius 2 is 2.21 bits per heavy atom. The molecular formula is C10H23N3O. The van der Waals surface area contributed by atoms with Crippen molar-refractivity contribution in [1.82, 2.24) is 5.32 Å². The van der Waals surface area contributed by atoms with Gasteiger partial charge in [0.05, 0.1) is 6.61 Å². The first-order valence-corrected chi connectivity index (χ1v) is 5.26. The summed E-state index contributed by atoms with van der Waals surface area (Å²) in [5.41, 5.74) is 5.67. The number of guanidine groups is 1. The van der Waals surface area contributed by atoms with Crippen LogP contribution in [0.2, 0.25) is 0 Å². The summed E-state index contributed by atoms with van der Waals surface area (Å²) in [5, 5.41) is 3.06.